The van der Waals surface area contributed by atoms with Gasteiger partial charge in [0.1, 0.15) is 5.82 Å². The quantitative estimate of drug-likeness (QED) is 0.654. The maximum absolute atomic E-state index is 5.43. The lowest BCUT2D eigenvalue weighted by Crippen LogP contribution is -2.14. The second-order valence-corrected chi connectivity index (χ2v) is 2.74. The normalized spacial score (nSPS) is 9.92. The van der Waals surface area contributed by atoms with E-state index in [1.165, 1.54) is 0 Å². The third kappa shape index (κ3) is 1.97. The molecule has 0 fully saturated rings. The van der Waals surface area contributed by atoms with Crippen LogP contribution in [0.3, 0.4) is 0 Å². The maximum atomic E-state index is 5.43. The van der Waals surface area contributed by atoms with E-state index in [-0.39, 0.29) is 5.95 Å². The minimum atomic E-state index is 0.227. The second-order valence-electron chi connectivity index (χ2n) is 2.26. The van der Waals surface area contributed by atoms with Crippen LogP contribution < -0.4 is 10.0 Å². The molecule has 0 saturated carbocycles. The zero-order valence-corrected chi connectivity index (χ0v) is 7.91. The number of aromatic nitrogens is 3. The molecule has 0 unspecified atom stereocenters. The van der Waals surface area contributed by atoms with Crippen molar-refractivity contribution in [1.29, 1.82) is 0 Å². The van der Waals surface area contributed by atoms with Crippen LogP contribution in [0.25, 0.3) is 0 Å². The van der Waals surface area contributed by atoms with Gasteiger partial charge >= 0.3 is 0 Å². The zero-order chi connectivity index (χ0) is 9.14. The molecule has 12 heavy (non-hydrogen) atoms. The molecule has 6 heteroatoms. The lowest BCUT2D eigenvalue weighted by molar-refractivity contribution is 0.942. The number of hydrogen-bond acceptors (Lipinski definition) is 6. The van der Waals surface area contributed by atoms with E-state index in [0.29, 0.717) is 18.3 Å². The number of nitrogens with zero attached hydrogens (tertiary/aromatic N) is 4. The first-order valence-electron chi connectivity index (χ1n) is 3.58. The predicted octanol–water partition coefficient (Wildman–Crippen LogP) is 0.433. The lowest BCUT2D eigenvalue weighted by atomic mass is 10.6. The Balaban J connectivity index is 3.00. The fourth-order valence-electron chi connectivity index (χ4n) is 0.745. The fraction of sp³-hybridized carbons (Fsp3) is 0.500. The van der Waals surface area contributed by atoms with Gasteiger partial charge in [-0.1, -0.05) is 12.8 Å². The molecule has 1 aromatic rings. The van der Waals surface area contributed by atoms with Crippen LogP contribution in [0.2, 0.25) is 0 Å². The van der Waals surface area contributed by atoms with E-state index in [1.807, 2.05) is 6.92 Å². The summed E-state index contributed by atoms with van der Waals surface area (Å²) in [5.41, 5.74) is 5.43. The summed E-state index contributed by atoms with van der Waals surface area (Å²) in [6.07, 6.45) is 0. The van der Waals surface area contributed by atoms with Crippen LogP contribution >= 0.6 is 12.8 Å². The van der Waals surface area contributed by atoms with Crippen LogP contribution in [-0.4, -0.2) is 21.5 Å². The Morgan fingerprint density at radius 2 is 2.08 bits per heavy atom. The largest absolute Gasteiger partial charge is 0.368 e. The number of thiol groups is 1. The van der Waals surface area contributed by atoms with Crippen LogP contribution in [0.5, 0.6) is 0 Å². The summed E-state index contributed by atoms with van der Waals surface area (Å²) in [4.78, 5) is 11.8. The van der Waals surface area contributed by atoms with Crippen LogP contribution in [0.4, 0.5) is 11.9 Å². The average Bonchev–Trinajstić information content (AvgIpc) is 2.01. The molecule has 0 spiro atoms. The van der Waals surface area contributed by atoms with E-state index in [1.54, 1.807) is 11.2 Å². The first-order chi connectivity index (χ1) is 5.63. The van der Waals surface area contributed by atoms with Crippen molar-refractivity contribution < 1.29 is 0 Å². The number of aryl methyl sites for hydroxylation is 1. The van der Waals surface area contributed by atoms with Gasteiger partial charge in [0, 0.05) is 6.54 Å². The number of nitrogens with two attached hydrogens (primary N) is 1. The van der Waals surface area contributed by atoms with Crippen LogP contribution in [0.15, 0.2) is 0 Å². The van der Waals surface area contributed by atoms with E-state index in [4.69, 9.17) is 5.73 Å². The van der Waals surface area contributed by atoms with Crippen molar-refractivity contribution in [1.82, 2.24) is 15.0 Å². The SMILES string of the molecule is CCN(S)c1nc(C)nc(N)n1. The fourth-order valence-corrected chi connectivity index (χ4v) is 0.834. The van der Waals surface area contributed by atoms with Crippen molar-refractivity contribution in [2.75, 3.05) is 16.6 Å². The molecule has 5 nitrogen and oxygen atoms in total. The Bertz CT molecular complexity index is 256. The highest BCUT2D eigenvalue weighted by atomic mass is 32.1. The highest BCUT2D eigenvalue weighted by Gasteiger charge is 2.04. The molecule has 0 aliphatic heterocycles. The number of nitrogen functional groups attached to an aromatic ring is 1. The predicted molar refractivity (Wildman–Crippen MR) is 51.0 cm³/mol. The molecule has 0 saturated heterocycles. The summed E-state index contributed by atoms with van der Waals surface area (Å²) in [6, 6.07) is 0. The van der Waals surface area contributed by atoms with Gasteiger partial charge < -0.3 is 5.73 Å². The van der Waals surface area contributed by atoms with E-state index in [9.17, 15) is 0 Å². The zero-order valence-electron chi connectivity index (χ0n) is 7.02. The molecule has 1 rings (SSSR count). The molecule has 66 valence electrons. The van der Waals surface area contributed by atoms with Crippen LogP contribution in [-0.2, 0) is 0 Å². The van der Waals surface area contributed by atoms with Gasteiger partial charge in [-0.05, 0) is 13.8 Å². The average molecular weight is 185 g/mol. The van der Waals surface area contributed by atoms with Gasteiger partial charge in [0.2, 0.25) is 11.9 Å². The monoisotopic (exact) mass is 185 g/mol. The van der Waals surface area contributed by atoms with E-state index in [2.05, 4.69) is 27.8 Å². The van der Waals surface area contributed by atoms with Crippen molar-refractivity contribution in [3.05, 3.63) is 5.82 Å². The van der Waals surface area contributed by atoms with Crippen molar-refractivity contribution in [3.8, 4) is 0 Å². The standard InChI is InChI=1S/C6H11N5S/c1-3-11(12)6-9-4(2)8-5(7)10-6/h12H,3H2,1-2H3,(H2,7,8,9,10). The van der Waals surface area contributed by atoms with E-state index >= 15 is 0 Å². The van der Waals surface area contributed by atoms with E-state index < -0.39 is 0 Å². The molecule has 0 aliphatic carbocycles. The summed E-state index contributed by atoms with van der Waals surface area (Å²) in [5.74, 6) is 1.32. The first kappa shape index (κ1) is 9.05. The summed E-state index contributed by atoms with van der Waals surface area (Å²) in [6.45, 7) is 4.42. The topological polar surface area (TPSA) is 67.9 Å². The van der Waals surface area contributed by atoms with Gasteiger partial charge in [0.25, 0.3) is 0 Å². The van der Waals surface area contributed by atoms with Crippen molar-refractivity contribution >= 4 is 24.7 Å². The summed E-state index contributed by atoms with van der Waals surface area (Å²) >= 11 is 4.14. The van der Waals surface area contributed by atoms with Gasteiger partial charge in [-0.25, -0.2) is 0 Å². The lowest BCUT2D eigenvalue weighted by Gasteiger charge is -2.12. The number of anilines is 2. The summed E-state index contributed by atoms with van der Waals surface area (Å²) in [7, 11) is 0. The first-order valence-corrected chi connectivity index (χ1v) is 3.98. The van der Waals surface area contributed by atoms with Gasteiger partial charge in [-0.2, -0.15) is 15.0 Å². The van der Waals surface area contributed by atoms with E-state index in [0.717, 1.165) is 0 Å². The maximum Gasteiger partial charge on any atom is 0.240 e. The summed E-state index contributed by atoms with van der Waals surface area (Å²) in [5, 5.41) is 0. The molecule has 0 bridgehead atoms. The molecule has 0 aromatic carbocycles. The Morgan fingerprint density at radius 1 is 1.42 bits per heavy atom. The molecule has 1 heterocycles. The Labute approximate surface area is 76.6 Å². The van der Waals surface area contributed by atoms with Crippen molar-refractivity contribution in [2.24, 2.45) is 0 Å². The highest BCUT2D eigenvalue weighted by Crippen LogP contribution is 2.09. The highest BCUT2D eigenvalue weighted by molar-refractivity contribution is 7.81. The minimum Gasteiger partial charge on any atom is -0.368 e. The molecule has 2 N–H and O–H groups in total. The molecule has 0 radical (unpaired) electrons. The second kappa shape index (κ2) is 3.57. The van der Waals surface area contributed by atoms with Crippen molar-refractivity contribution in [2.45, 2.75) is 13.8 Å². The Morgan fingerprint density at radius 3 is 2.58 bits per heavy atom. The van der Waals surface area contributed by atoms with Crippen molar-refractivity contribution in [3.63, 3.8) is 0 Å². The molecule has 0 atom stereocenters. The third-order valence-corrected chi connectivity index (χ3v) is 1.74. The Hall–Kier alpha value is -1.04. The molecule has 1 aromatic heterocycles. The van der Waals surface area contributed by atoms with Crippen LogP contribution in [0, 0.1) is 6.92 Å². The van der Waals surface area contributed by atoms with Gasteiger partial charge in [-0.3, -0.25) is 4.31 Å². The summed E-state index contributed by atoms with van der Waals surface area (Å²) < 4.78 is 1.60. The third-order valence-electron chi connectivity index (χ3n) is 1.28. The molecule has 0 amide bonds. The Kier molecular flexibility index (Phi) is 2.69. The van der Waals surface area contributed by atoms with Crippen LogP contribution in [0.1, 0.15) is 12.7 Å². The smallest absolute Gasteiger partial charge is 0.240 e. The molecular formula is C6H11N5S. The van der Waals surface area contributed by atoms with Gasteiger partial charge in [0.05, 0.1) is 0 Å². The van der Waals surface area contributed by atoms with Gasteiger partial charge in [0.15, 0.2) is 0 Å². The molecule has 0 aliphatic rings. The van der Waals surface area contributed by atoms with Gasteiger partial charge in [-0.15, -0.1) is 0 Å². The number of rotatable bonds is 2. The number of hydrogen-bond donors (Lipinski definition) is 2. The minimum absolute atomic E-state index is 0.227. The molecular weight excluding hydrogens is 174 g/mol.